The normalized spacial score (nSPS) is 16.2. The van der Waals surface area contributed by atoms with Gasteiger partial charge in [-0.15, -0.1) is 0 Å². The Bertz CT molecular complexity index is 657. The summed E-state index contributed by atoms with van der Waals surface area (Å²) in [6, 6.07) is 13.4. The molecule has 0 radical (unpaired) electrons. The van der Waals surface area contributed by atoms with Gasteiger partial charge in [0.25, 0.3) is 0 Å². The molecule has 2 aromatic rings. The molecular formula is C19H20F3NO. The van der Waals surface area contributed by atoms with E-state index in [1.165, 1.54) is 23.4 Å². The van der Waals surface area contributed by atoms with Gasteiger partial charge in [0.2, 0.25) is 0 Å². The molecule has 5 heteroatoms. The number of hydrogen-bond donors (Lipinski definition) is 0. The summed E-state index contributed by atoms with van der Waals surface area (Å²) in [6.45, 7) is 3.83. The lowest BCUT2D eigenvalue weighted by molar-refractivity contribution is -0.137. The van der Waals surface area contributed by atoms with Crippen LogP contribution in [0.4, 0.5) is 18.9 Å². The molecule has 3 rings (SSSR count). The van der Waals surface area contributed by atoms with E-state index in [0.29, 0.717) is 5.75 Å². The molecule has 0 spiro atoms. The van der Waals surface area contributed by atoms with Crippen molar-refractivity contribution in [1.29, 1.82) is 0 Å². The van der Waals surface area contributed by atoms with Gasteiger partial charge >= 0.3 is 6.18 Å². The van der Waals surface area contributed by atoms with Gasteiger partial charge in [-0.05, 0) is 43.3 Å². The van der Waals surface area contributed by atoms with Crippen LogP contribution in [0.5, 0.6) is 5.75 Å². The van der Waals surface area contributed by atoms with E-state index >= 15 is 0 Å². The minimum atomic E-state index is -4.31. The van der Waals surface area contributed by atoms with Gasteiger partial charge in [0.15, 0.2) is 0 Å². The summed E-state index contributed by atoms with van der Waals surface area (Å²) in [7, 11) is 0. The molecular weight excluding hydrogens is 315 g/mol. The quantitative estimate of drug-likeness (QED) is 0.777. The van der Waals surface area contributed by atoms with Crippen LogP contribution in [-0.2, 0) is 6.18 Å². The van der Waals surface area contributed by atoms with E-state index in [1.807, 2.05) is 0 Å². The van der Waals surface area contributed by atoms with Crippen LogP contribution in [0.15, 0.2) is 48.5 Å². The summed E-state index contributed by atoms with van der Waals surface area (Å²) in [5, 5.41) is 0. The van der Waals surface area contributed by atoms with Crippen molar-refractivity contribution in [1.82, 2.24) is 0 Å². The Morgan fingerprint density at radius 1 is 0.917 bits per heavy atom. The van der Waals surface area contributed by atoms with Crippen LogP contribution < -0.4 is 9.64 Å². The Morgan fingerprint density at radius 3 is 2.04 bits per heavy atom. The van der Waals surface area contributed by atoms with Crippen molar-refractivity contribution < 1.29 is 17.9 Å². The lowest BCUT2D eigenvalue weighted by atomic mass is 10.1. The number of benzene rings is 2. The maximum atomic E-state index is 12.6. The molecule has 0 N–H and O–H groups in total. The van der Waals surface area contributed by atoms with Gasteiger partial charge in [0.05, 0.1) is 5.56 Å². The van der Waals surface area contributed by atoms with Crippen molar-refractivity contribution in [2.75, 3.05) is 18.0 Å². The van der Waals surface area contributed by atoms with Crippen LogP contribution in [0.2, 0.25) is 0 Å². The largest absolute Gasteiger partial charge is 0.490 e. The summed E-state index contributed by atoms with van der Waals surface area (Å²) in [4.78, 5) is 2.31. The smallest absolute Gasteiger partial charge is 0.416 e. The highest BCUT2D eigenvalue weighted by molar-refractivity contribution is 5.47. The molecule has 24 heavy (non-hydrogen) atoms. The molecule has 0 amide bonds. The number of anilines is 1. The Balaban J connectivity index is 1.54. The number of piperidine rings is 1. The molecule has 0 saturated carbocycles. The second-order valence-corrected chi connectivity index (χ2v) is 6.16. The molecule has 1 fully saturated rings. The molecule has 1 saturated heterocycles. The van der Waals surface area contributed by atoms with Crippen LogP contribution in [-0.4, -0.2) is 19.2 Å². The maximum absolute atomic E-state index is 12.6. The minimum absolute atomic E-state index is 0.0448. The van der Waals surface area contributed by atoms with Crippen LogP contribution in [0.25, 0.3) is 0 Å². The van der Waals surface area contributed by atoms with Gasteiger partial charge in [-0.25, -0.2) is 0 Å². The van der Waals surface area contributed by atoms with E-state index in [4.69, 9.17) is 4.74 Å². The predicted octanol–water partition coefficient (Wildman–Crippen LogP) is 5.06. The predicted molar refractivity (Wildman–Crippen MR) is 88.5 cm³/mol. The molecule has 128 valence electrons. The molecule has 0 atom stereocenters. The van der Waals surface area contributed by atoms with Gasteiger partial charge < -0.3 is 9.64 Å². The van der Waals surface area contributed by atoms with Crippen LogP contribution in [0.3, 0.4) is 0 Å². The number of rotatable bonds is 3. The van der Waals surface area contributed by atoms with Gasteiger partial charge in [-0.3, -0.25) is 0 Å². The van der Waals surface area contributed by atoms with E-state index in [1.54, 1.807) is 0 Å². The van der Waals surface area contributed by atoms with Gasteiger partial charge in [0, 0.05) is 31.6 Å². The van der Waals surface area contributed by atoms with Crippen molar-refractivity contribution in [2.24, 2.45) is 0 Å². The van der Waals surface area contributed by atoms with Crippen molar-refractivity contribution in [3.63, 3.8) is 0 Å². The fraction of sp³-hybridized carbons (Fsp3) is 0.368. The molecule has 0 aliphatic carbocycles. The number of ether oxygens (including phenoxy) is 1. The zero-order chi connectivity index (χ0) is 17.2. The van der Waals surface area contributed by atoms with E-state index in [9.17, 15) is 13.2 Å². The number of nitrogens with zero attached hydrogens (tertiary/aromatic N) is 1. The fourth-order valence-electron chi connectivity index (χ4n) is 2.90. The number of alkyl halides is 3. The molecule has 1 aliphatic heterocycles. The third-order valence-electron chi connectivity index (χ3n) is 4.33. The average molecular weight is 335 g/mol. The molecule has 2 nitrogen and oxygen atoms in total. The number of hydrogen-bond acceptors (Lipinski definition) is 2. The van der Waals surface area contributed by atoms with Crippen molar-refractivity contribution in [3.8, 4) is 5.75 Å². The highest BCUT2D eigenvalue weighted by Gasteiger charge is 2.30. The van der Waals surface area contributed by atoms with E-state index in [2.05, 4.69) is 36.1 Å². The lowest BCUT2D eigenvalue weighted by Gasteiger charge is -2.33. The Labute approximate surface area is 139 Å². The molecule has 1 heterocycles. The average Bonchev–Trinajstić information content (AvgIpc) is 2.56. The van der Waals surface area contributed by atoms with Gasteiger partial charge in [-0.2, -0.15) is 13.2 Å². The highest BCUT2D eigenvalue weighted by atomic mass is 19.4. The summed E-state index contributed by atoms with van der Waals surface area (Å²) in [5.74, 6) is 0.497. The Kier molecular flexibility index (Phi) is 4.69. The second kappa shape index (κ2) is 6.75. The summed E-state index contributed by atoms with van der Waals surface area (Å²) < 4.78 is 43.5. The first kappa shape index (κ1) is 16.7. The standard InChI is InChI=1S/C19H20F3NO/c1-14-2-6-16(7-3-14)23-12-10-18(11-13-23)24-17-8-4-15(5-9-17)19(20,21)22/h2-9,18H,10-13H2,1H3. The third kappa shape index (κ3) is 4.02. The zero-order valence-electron chi connectivity index (χ0n) is 13.5. The first-order valence-corrected chi connectivity index (χ1v) is 8.07. The Morgan fingerprint density at radius 2 is 1.50 bits per heavy atom. The third-order valence-corrected chi connectivity index (χ3v) is 4.33. The van der Waals surface area contributed by atoms with E-state index < -0.39 is 11.7 Å². The first-order valence-electron chi connectivity index (χ1n) is 8.07. The van der Waals surface area contributed by atoms with Crippen LogP contribution in [0, 0.1) is 6.92 Å². The highest BCUT2D eigenvalue weighted by Crippen LogP contribution is 2.31. The zero-order valence-corrected chi connectivity index (χ0v) is 13.5. The summed E-state index contributed by atoms with van der Waals surface area (Å²) >= 11 is 0. The molecule has 2 aromatic carbocycles. The fourth-order valence-corrected chi connectivity index (χ4v) is 2.90. The number of halogens is 3. The first-order chi connectivity index (χ1) is 11.4. The van der Waals surface area contributed by atoms with E-state index in [-0.39, 0.29) is 6.10 Å². The topological polar surface area (TPSA) is 12.5 Å². The molecule has 0 aromatic heterocycles. The Hall–Kier alpha value is -2.17. The molecule has 0 bridgehead atoms. The van der Waals surface area contributed by atoms with E-state index in [0.717, 1.165) is 38.1 Å². The molecule has 1 aliphatic rings. The van der Waals surface area contributed by atoms with Crippen LogP contribution in [0.1, 0.15) is 24.0 Å². The van der Waals surface area contributed by atoms with Crippen molar-refractivity contribution in [3.05, 3.63) is 59.7 Å². The summed E-state index contributed by atoms with van der Waals surface area (Å²) in [6.07, 6.45) is -2.55. The van der Waals surface area contributed by atoms with Gasteiger partial charge in [0.1, 0.15) is 11.9 Å². The second-order valence-electron chi connectivity index (χ2n) is 6.16. The van der Waals surface area contributed by atoms with Gasteiger partial charge in [-0.1, -0.05) is 17.7 Å². The number of aryl methyl sites for hydroxylation is 1. The monoisotopic (exact) mass is 335 g/mol. The lowest BCUT2D eigenvalue weighted by Crippen LogP contribution is -2.38. The maximum Gasteiger partial charge on any atom is 0.416 e. The van der Waals surface area contributed by atoms with Crippen LogP contribution >= 0.6 is 0 Å². The molecule has 0 unspecified atom stereocenters. The van der Waals surface area contributed by atoms with Crippen molar-refractivity contribution >= 4 is 5.69 Å². The summed E-state index contributed by atoms with van der Waals surface area (Å²) in [5.41, 5.74) is 1.79. The van der Waals surface area contributed by atoms with Crippen molar-refractivity contribution in [2.45, 2.75) is 32.0 Å². The SMILES string of the molecule is Cc1ccc(N2CCC(Oc3ccc(C(F)(F)F)cc3)CC2)cc1. The minimum Gasteiger partial charge on any atom is -0.490 e.